The van der Waals surface area contributed by atoms with Crippen LogP contribution in [0.1, 0.15) is 38.2 Å². The highest BCUT2D eigenvalue weighted by Gasteiger charge is 2.03. The number of benzene rings is 2. The number of carbonyl (C=O) groups is 1. The molecule has 2 heteroatoms. The number of rotatable bonds is 8. The molecule has 0 atom stereocenters. The first-order chi connectivity index (χ1) is 11.2. The molecule has 0 spiro atoms. The van der Waals surface area contributed by atoms with Crippen molar-refractivity contribution in [2.45, 2.75) is 32.6 Å². The second-order valence-electron chi connectivity index (χ2n) is 5.61. The Hall–Kier alpha value is -2.48. The third kappa shape index (κ3) is 5.03. The van der Waals surface area contributed by atoms with E-state index in [-0.39, 0.29) is 0 Å². The van der Waals surface area contributed by atoms with Gasteiger partial charge >= 0.3 is 0 Å². The van der Waals surface area contributed by atoms with Gasteiger partial charge < -0.3 is 10.2 Å². The molecule has 0 saturated heterocycles. The summed E-state index contributed by atoms with van der Waals surface area (Å²) in [4.78, 5) is 10.6. The van der Waals surface area contributed by atoms with Crippen LogP contribution in [0.3, 0.4) is 0 Å². The van der Waals surface area contributed by atoms with E-state index in [1.165, 1.54) is 11.1 Å². The van der Waals surface area contributed by atoms with Gasteiger partial charge in [-0.05, 0) is 35.6 Å². The van der Waals surface area contributed by atoms with Crippen molar-refractivity contribution in [1.29, 1.82) is 5.41 Å². The van der Waals surface area contributed by atoms with Crippen molar-refractivity contribution in [1.82, 2.24) is 0 Å². The first kappa shape index (κ1) is 16.9. The van der Waals surface area contributed by atoms with Gasteiger partial charge in [0.05, 0.1) is 5.71 Å². The van der Waals surface area contributed by atoms with Crippen LogP contribution < -0.4 is 0 Å². The third-order valence-corrected chi connectivity index (χ3v) is 3.81. The normalized spacial score (nSPS) is 11.3. The number of hydrogen-bond acceptors (Lipinski definition) is 2. The second kappa shape index (κ2) is 8.84. The third-order valence-electron chi connectivity index (χ3n) is 3.81. The van der Waals surface area contributed by atoms with Crippen molar-refractivity contribution < 1.29 is 4.79 Å². The van der Waals surface area contributed by atoms with Crippen molar-refractivity contribution in [3.63, 3.8) is 0 Å². The molecule has 0 aliphatic heterocycles. The first-order valence-electron chi connectivity index (χ1n) is 8.12. The van der Waals surface area contributed by atoms with E-state index in [1.54, 1.807) is 0 Å². The van der Waals surface area contributed by atoms with Gasteiger partial charge in [-0.15, -0.1) is 0 Å². The van der Waals surface area contributed by atoms with Crippen LogP contribution in [-0.4, -0.2) is 12.0 Å². The molecule has 2 nitrogen and oxygen atoms in total. The lowest BCUT2D eigenvalue weighted by Crippen LogP contribution is -1.97. The van der Waals surface area contributed by atoms with Crippen LogP contribution in [0.4, 0.5) is 0 Å². The molecule has 0 heterocycles. The van der Waals surface area contributed by atoms with E-state index in [2.05, 4.69) is 31.2 Å². The molecule has 0 fully saturated rings. The summed E-state index contributed by atoms with van der Waals surface area (Å²) in [7, 11) is 0. The van der Waals surface area contributed by atoms with E-state index in [1.807, 2.05) is 36.4 Å². The zero-order valence-corrected chi connectivity index (χ0v) is 13.6. The van der Waals surface area contributed by atoms with Crippen molar-refractivity contribution in [2.75, 3.05) is 0 Å². The lowest BCUT2D eigenvalue weighted by atomic mass is 9.99. The smallest absolute Gasteiger partial charge is 0.120 e. The molecule has 0 amide bonds. The summed E-state index contributed by atoms with van der Waals surface area (Å²) in [5.74, 6) is 0. The number of aldehydes is 1. The summed E-state index contributed by atoms with van der Waals surface area (Å²) in [5.41, 5.74) is 4.93. The highest BCUT2D eigenvalue weighted by Crippen LogP contribution is 2.20. The van der Waals surface area contributed by atoms with Crippen molar-refractivity contribution >= 4 is 12.0 Å². The minimum Gasteiger partial charge on any atom is -0.303 e. The summed E-state index contributed by atoms with van der Waals surface area (Å²) in [6, 6.07) is 18.3. The summed E-state index contributed by atoms with van der Waals surface area (Å²) in [6.45, 7) is 2.12. The molecule has 0 aromatic heterocycles. The van der Waals surface area contributed by atoms with E-state index < -0.39 is 0 Å². The molecular weight excluding hydrogens is 282 g/mol. The minimum atomic E-state index is 0.513. The standard InChI is InChI=1S/C21H23NO/c1-2-7-17(8-6-15-23)16-21(22)20-13-11-19(12-14-20)18-9-4-3-5-10-18/h3-5,9-16,22H,2,6-8H2,1H3/b17-16+,22-21?. The van der Waals surface area contributed by atoms with Crippen LogP contribution in [0.25, 0.3) is 11.1 Å². The van der Waals surface area contributed by atoms with Gasteiger partial charge in [0.1, 0.15) is 6.29 Å². The number of hydrogen-bond donors (Lipinski definition) is 1. The van der Waals surface area contributed by atoms with Crippen molar-refractivity contribution in [3.05, 3.63) is 71.8 Å². The summed E-state index contributed by atoms with van der Waals surface area (Å²) in [5, 5.41) is 8.28. The van der Waals surface area contributed by atoms with Crippen molar-refractivity contribution in [2.24, 2.45) is 0 Å². The van der Waals surface area contributed by atoms with Crippen LogP contribution in [0.5, 0.6) is 0 Å². The Morgan fingerprint density at radius 1 is 0.957 bits per heavy atom. The molecule has 2 aromatic carbocycles. The molecule has 0 saturated carbocycles. The highest BCUT2D eigenvalue weighted by atomic mass is 16.1. The first-order valence-corrected chi connectivity index (χ1v) is 8.12. The van der Waals surface area contributed by atoms with E-state index in [9.17, 15) is 4.79 Å². The topological polar surface area (TPSA) is 40.9 Å². The van der Waals surface area contributed by atoms with Crippen LogP contribution >= 0.6 is 0 Å². The van der Waals surface area contributed by atoms with Gasteiger partial charge in [-0.1, -0.05) is 73.5 Å². The number of carbonyl (C=O) groups excluding carboxylic acids is 1. The Morgan fingerprint density at radius 2 is 1.61 bits per heavy atom. The van der Waals surface area contributed by atoms with Gasteiger partial charge in [-0.3, -0.25) is 0 Å². The van der Waals surface area contributed by atoms with Crippen molar-refractivity contribution in [3.8, 4) is 11.1 Å². The largest absolute Gasteiger partial charge is 0.303 e. The zero-order valence-electron chi connectivity index (χ0n) is 13.6. The van der Waals surface area contributed by atoms with E-state index >= 15 is 0 Å². The fraction of sp³-hybridized carbons (Fsp3) is 0.238. The zero-order chi connectivity index (χ0) is 16.5. The van der Waals surface area contributed by atoms with Crippen LogP contribution in [0.15, 0.2) is 66.2 Å². The fourth-order valence-corrected chi connectivity index (χ4v) is 2.60. The number of nitrogens with one attached hydrogen (secondary N) is 1. The molecular formula is C21H23NO. The molecule has 0 unspecified atom stereocenters. The summed E-state index contributed by atoms with van der Waals surface area (Å²) >= 11 is 0. The Morgan fingerprint density at radius 3 is 2.22 bits per heavy atom. The maximum atomic E-state index is 10.6. The lowest BCUT2D eigenvalue weighted by Gasteiger charge is -2.07. The Kier molecular flexibility index (Phi) is 6.49. The van der Waals surface area contributed by atoms with Gasteiger partial charge in [-0.25, -0.2) is 0 Å². The molecule has 0 aliphatic carbocycles. The average Bonchev–Trinajstić information content (AvgIpc) is 2.60. The quantitative estimate of drug-likeness (QED) is 0.513. The molecule has 1 N–H and O–H groups in total. The van der Waals surface area contributed by atoms with Crippen LogP contribution in [-0.2, 0) is 4.79 Å². The van der Waals surface area contributed by atoms with Gasteiger partial charge in [0, 0.05) is 6.42 Å². The summed E-state index contributed by atoms with van der Waals surface area (Å²) in [6.07, 6.45) is 6.13. The molecule has 118 valence electrons. The molecule has 2 rings (SSSR count). The predicted molar refractivity (Wildman–Crippen MR) is 97.0 cm³/mol. The number of allylic oxidation sites excluding steroid dienone is 2. The van der Waals surface area contributed by atoms with Gasteiger partial charge in [0.15, 0.2) is 0 Å². The maximum absolute atomic E-state index is 10.6. The van der Waals surface area contributed by atoms with Gasteiger partial charge in [0.2, 0.25) is 0 Å². The van der Waals surface area contributed by atoms with Gasteiger partial charge in [-0.2, -0.15) is 0 Å². The van der Waals surface area contributed by atoms with Crippen LogP contribution in [0, 0.1) is 5.41 Å². The Bertz CT molecular complexity index is 669. The minimum absolute atomic E-state index is 0.513. The SMILES string of the molecule is CCC/C(=C\C(=N)c1ccc(-c2ccccc2)cc1)CCC=O. The second-order valence-corrected chi connectivity index (χ2v) is 5.61. The Balaban J connectivity index is 2.14. The van der Waals surface area contributed by atoms with E-state index in [0.717, 1.165) is 36.7 Å². The Labute approximate surface area is 138 Å². The maximum Gasteiger partial charge on any atom is 0.120 e. The molecule has 23 heavy (non-hydrogen) atoms. The molecule has 0 radical (unpaired) electrons. The average molecular weight is 305 g/mol. The highest BCUT2D eigenvalue weighted by molar-refractivity contribution is 6.07. The molecule has 0 bridgehead atoms. The van der Waals surface area contributed by atoms with E-state index in [0.29, 0.717) is 12.1 Å². The predicted octanol–water partition coefficient (Wildman–Crippen LogP) is 5.43. The lowest BCUT2D eigenvalue weighted by molar-refractivity contribution is -0.107. The molecule has 0 aliphatic rings. The fourth-order valence-electron chi connectivity index (χ4n) is 2.60. The summed E-state index contributed by atoms with van der Waals surface area (Å²) < 4.78 is 0. The van der Waals surface area contributed by atoms with Gasteiger partial charge in [0.25, 0.3) is 0 Å². The van der Waals surface area contributed by atoms with Crippen LogP contribution in [0.2, 0.25) is 0 Å². The van der Waals surface area contributed by atoms with E-state index in [4.69, 9.17) is 5.41 Å². The molecule has 2 aromatic rings. The monoisotopic (exact) mass is 305 g/mol.